The van der Waals surface area contributed by atoms with E-state index < -0.39 is 5.97 Å². The second-order valence-corrected chi connectivity index (χ2v) is 5.42. The largest absolute Gasteiger partial charge is 0.476 e. The minimum atomic E-state index is -1.05. The zero-order valence-corrected chi connectivity index (χ0v) is 12.9. The summed E-state index contributed by atoms with van der Waals surface area (Å²) < 4.78 is 0. The lowest BCUT2D eigenvalue weighted by Crippen LogP contribution is -2.41. The molecule has 0 aliphatic heterocycles. The summed E-state index contributed by atoms with van der Waals surface area (Å²) in [7, 11) is 0. The predicted octanol–water partition coefficient (Wildman–Crippen LogP) is 2.73. The van der Waals surface area contributed by atoms with Gasteiger partial charge < -0.3 is 15.3 Å². The number of rotatable bonds is 7. The molecule has 2 N–H and O–H groups in total. The molecule has 7 heteroatoms. The fraction of sp³-hybridized carbons (Fsp3) is 0.615. The standard InChI is InChI=1S/C13H21N3O3S/c1-4-6-16(7-5-2)13(19)14-9(3)11-15-10(8-20-11)12(17)18/h8-9H,4-7H2,1-3H3,(H,14,19)(H,17,18). The average Bonchev–Trinajstić information content (AvgIpc) is 2.88. The van der Waals surface area contributed by atoms with Crippen LogP contribution in [0.2, 0.25) is 0 Å². The second kappa shape index (κ2) is 7.84. The van der Waals surface area contributed by atoms with Crippen molar-refractivity contribution in [1.29, 1.82) is 0 Å². The van der Waals surface area contributed by atoms with Gasteiger partial charge in [0.05, 0.1) is 6.04 Å². The maximum Gasteiger partial charge on any atom is 0.355 e. The molecule has 112 valence electrons. The molecule has 0 saturated carbocycles. The van der Waals surface area contributed by atoms with E-state index >= 15 is 0 Å². The lowest BCUT2D eigenvalue weighted by molar-refractivity contribution is 0.0691. The molecule has 1 rings (SSSR count). The van der Waals surface area contributed by atoms with Crippen molar-refractivity contribution in [3.63, 3.8) is 0 Å². The number of thiazole rings is 1. The Hall–Kier alpha value is -1.63. The van der Waals surface area contributed by atoms with Crippen LogP contribution in [-0.4, -0.2) is 40.1 Å². The smallest absolute Gasteiger partial charge is 0.355 e. The van der Waals surface area contributed by atoms with Gasteiger partial charge in [0, 0.05) is 18.5 Å². The van der Waals surface area contributed by atoms with Gasteiger partial charge in [-0.2, -0.15) is 0 Å². The van der Waals surface area contributed by atoms with E-state index in [1.54, 1.807) is 11.8 Å². The minimum absolute atomic E-state index is 0.0186. The lowest BCUT2D eigenvalue weighted by atomic mass is 10.3. The molecule has 1 atom stereocenters. The van der Waals surface area contributed by atoms with E-state index in [1.807, 2.05) is 13.8 Å². The Labute approximate surface area is 122 Å². The van der Waals surface area contributed by atoms with Gasteiger partial charge in [-0.25, -0.2) is 14.6 Å². The zero-order chi connectivity index (χ0) is 15.1. The molecule has 1 unspecified atom stereocenters. The van der Waals surface area contributed by atoms with Crippen LogP contribution in [-0.2, 0) is 0 Å². The Bertz CT molecular complexity index is 455. The molecule has 20 heavy (non-hydrogen) atoms. The fourth-order valence-corrected chi connectivity index (χ4v) is 2.58. The van der Waals surface area contributed by atoms with Crippen molar-refractivity contribution >= 4 is 23.3 Å². The number of carbonyl (C=O) groups excluding carboxylic acids is 1. The first-order valence-corrected chi connectivity index (χ1v) is 7.61. The maximum atomic E-state index is 12.1. The Kier molecular flexibility index (Phi) is 6.44. The van der Waals surface area contributed by atoms with Gasteiger partial charge in [0.2, 0.25) is 0 Å². The SMILES string of the molecule is CCCN(CCC)C(=O)NC(C)c1nc(C(=O)O)cs1. The molecular formula is C13H21N3O3S. The van der Waals surface area contributed by atoms with Crippen LogP contribution in [0, 0.1) is 0 Å². The van der Waals surface area contributed by atoms with Gasteiger partial charge in [-0.15, -0.1) is 11.3 Å². The molecule has 2 amide bonds. The summed E-state index contributed by atoms with van der Waals surface area (Å²) in [4.78, 5) is 28.7. The Balaban J connectivity index is 2.65. The summed E-state index contributed by atoms with van der Waals surface area (Å²) in [5, 5.41) is 13.8. The van der Waals surface area contributed by atoms with Gasteiger partial charge in [-0.05, 0) is 19.8 Å². The molecular weight excluding hydrogens is 278 g/mol. The van der Waals surface area contributed by atoms with Crippen molar-refractivity contribution in [2.24, 2.45) is 0 Å². The second-order valence-electron chi connectivity index (χ2n) is 4.53. The number of carbonyl (C=O) groups is 2. The van der Waals surface area contributed by atoms with Gasteiger partial charge in [0.1, 0.15) is 5.01 Å². The molecule has 0 bridgehead atoms. The van der Waals surface area contributed by atoms with Crippen LogP contribution in [0.15, 0.2) is 5.38 Å². The van der Waals surface area contributed by atoms with E-state index in [4.69, 9.17) is 5.11 Å². The topological polar surface area (TPSA) is 82.5 Å². The van der Waals surface area contributed by atoms with E-state index in [2.05, 4.69) is 10.3 Å². The number of nitrogens with zero attached hydrogens (tertiary/aromatic N) is 2. The number of amides is 2. The van der Waals surface area contributed by atoms with Crippen LogP contribution in [0.1, 0.15) is 55.2 Å². The molecule has 1 aromatic rings. The van der Waals surface area contributed by atoms with Crippen molar-refractivity contribution in [3.8, 4) is 0 Å². The van der Waals surface area contributed by atoms with Gasteiger partial charge in [0.15, 0.2) is 5.69 Å². The van der Waals surface area contributed by atoms with Crippen molar-refractivity contribution in [1.82, 2.24) is 15.2 Å². The van der Waals surface area contributed by atoms with Crippen LogP contribution in [0.3, 0.4) is 0 Å². The molecule has 0 radical (unpaired) electrons. The number of hydrogen-bond acceptors (Lipinski definition) is 4. The summed E-state index contributed by atoms with van der Waals surface area (Å²) in [5.41, 5.74) is 0.0186. The van der Waals surface area contributed by atoms with E-state index in [0.29, 0.717) is 18.1 Å². The van der Waals surface area contributed by atoms with E-state index in [-0.39, 0.29) is 17.8 Å². The highest BCUT2D eigenvalue weighted by atomic mass is 32.1. The lowest BCUT2D eigenvalue weighted by Gasteiger charge is -2.23. The Morgan fingerprint density at radius 3 is 2.45 bits per heavy atom. The number of carboxylic acids is 1. The van der Waals surface area contributed by atoms with E-state index in [0.717, 1.165) is 12.8 Å². The van der Waals surface area contributed by atoms with Crippen LogP contribution >= 0.6 is 11.3 Å². The zero-order valence-electron chi connectivity index (χ0n) is 12.0. The third-order valence-corrected chi connectivity index (χ3v) is 3.75. The molecule has 6 nitrogen and oxygen atoms in total. The Morgan fingerprint density at radius 1 is 1.40 bits per heavy atom. The first-order chi connectivity index (χ1) is 9.49. The monoisotopic (exact) mass is 299 g/mol. The third kappa shape index (κ3) is 4.48. The summed E-state index contributed by atoms with van der Waals surface area (Å²) in [5.74, 6) is -1.05. The van der Waals surface area contributed by atoms with Gasteiger partial charge in [-0.1, -0.05) is 13.8 Å². The summed E-state index contributed by atoms with van der Waals surface area (Å²) in [6.45, 7) is 7.28. The molecule has 0 aromatic carbocycles. The number of aromatic carboxylic acids is 1. The molecule has 0 aliphatic rings. The molecule has 0 spiro atoms. The van der Waals surface area contributed by atoms with Crippen molar-refractivity contribution < 1.29 is 14.7 Å². The quantitative estimate of drug-likeness (QED) is 0.811. The number of hydrogen-bond donors (Lipinski definition) is 2. The highest BCUT2D eigenvalue weighted by Gasteiger charge is 2.18. The average molecular weight is 299 g/mol. The van der Waals surface area contributed by atoms with Crippen molar-refractivity contribution in [2.75, 3.05) is 13.1 Å². The first kappa shape index (κ1) is 16.4. The van der Waals surface area contributed by atoms with Gasteiger partial charge in [-0.3, -0.25) is 0 Å². The first-order valence-electron chi connectivity index (χ1n) is 6.73. The number of carboxylic acid groups (broad SMARTS) is 1. The summed E-state index contributed by atoms with van der Waals surface area (Å²) in [6.07, 6.45) is 1.81. The number of nitrogens with one attached hydrogen (secondary N) is 1. The van der Waals surface area contributed by atoms with E-state index in [1.165, 1.54) is 16.7 Å². The van der Waals surface area contributed by atoms with Gasteiger partial charge >= 0.3 is 12.0 Å². The van der Waals surface area contributed by atoms with E-state index in [9.17, 15) is 9.59 Å². The molecule has 0 saturated heterocycles. The summed E-state index contributed by atoms with van der Waals surface area (Å²) >= 11 is 1.24. The maximum absolute atomic E-state index is 12.1. The number of aromatic nitrogens is 1. The predicted molar refractivity (Wildman–Crippen MR) is 78.2 cm³/mol. The van der Waals surface area contributed by atoms with Crippen LogP contribution in [0.5, 0.6) is 0 Å². The molecule has 0 fully saturated rings. The molecule has 1 aromatic heterocycles. The number of urea groups is 1. The molecule has 0 aliphatic carbocycles. The highest BCUT2D eigenvalue weighted by Crippen LogP contribution is 2.18. The molecule has 1 heterocycles. The Morgan fingerprint density at radius 2 is 2.00 bits per heavy atom. The van der Waals surface area contributed by atoms with Crippen LogP contribution < -0.4 is 5.32 Å². The summed E-state index contributed by atoms with van der Waals surface area (Å²) in [6, 6.07) is -0.426. The van der Waals surface area contributed by atoms with Crippen molar-refractivity contribution in [3.05, 3.63) is 16.1 Å². The van der Waals surface area contributed by atoms with Gasteiger partial charge in [0.25, 0.3) is 0 Å². The van der Waals surface area contributed by atoms with Crippen LogP contribution in [0.25, 0.3) is 0 Å². The van der Waals surface area contributed by atoms with Crippen molar-refractivity contribution in [2.45, 2.75) is 39.7 Å². The minimum Gasteiger partial charge on any atom is -0.476 e. The third-order valence-electron chi connectivity index (χ3n) is 2.73. The highest BCUT2D eigenvalue weighted by molar-refractivity contribution is 7.09. The van der Waals surface area contributed by atoms with Crippen LogP contribution in [0.4, 0.5) is 4.79 Å². The fourth-order valence-electron chi connectivity index (χ4n) is 1.78. The normalized spacial score (nSPS) is 11.9.